The summed E-state index contributed by atoms with van der Waals surface area (Å²) in [6, 6.07) is 5.12. The number of rotatable bonds is 9. The van der Waals surface area contributed by atoms with Crippen LogP contribution in [0, 0.1) is 5.82 Å². The van der Waals surface area contributed by atoms with Crippen LogP contribution in [0.1, 0.15) is 52.9 Å². The van der Waals surface area contributed by atoms with Crippen LogP contribution in [0.15, 0.2) is 30.5 Å². The molecule has 0 unspecified atom stereocenters. The van der Waals surface area contributed by atoms with Gasteiger partial charge in [-0.05, 0) is 58.6 Å². The highest BCUT2D eigenvalue weighted by Gasteiger charge is 2.30. The smallest absolute Gasteiger partial charge is 0.407 e. The van der Waals surface area contributed by atoms with Gasteiger partial charge in [-0.15, -0.1) is 0 Å². The Kier molecular flexibility index (Phi) is 9.71. The summed E-state index contributed by atoms with van der Waals surface area (Å²) in [5, 5.41) is 6.22. The first-order chi connectivity index (χ1) is 20.5. The molecule has 16 heteroatoms. The van der Waals surface area contributed by atoms with E-state index in [1.54, 1.807) is 0 Å². The van der Waals surface area contributed by atoms with Gasteiger partial charge in [-0.2, -0.15) is 13.2 Å². The lowest BCUT2D eigenvalue weighted by Crippen LogP contribution is -2.42. The minimum atomic E-state index is -4.67. The summed E-state index contributed by atoms with van der Waals surface area (Å²) in [7, 11) is -2.99. The van der Waals surface area contributed by atoms with Gasteiger partial charge >= 0.3 is 12.3 Å². The Bertz CT molecular complexity index is 1610. The van der Waals surface area contributed by atoms with Gasteiger partial charge in [0.1, 0.15) is 28.2 Å². The molecule has 3 N–H and O–H groups in total. The first-order valence-electron chi connectivity index (χ1n) is 13.9. The van der Waals surface area contributed by atoms with Crippen LogP contribution >= 0.6 is 0 Å². The highest BCUT2D eigenvalue weighted by atomic mass is 32.2. The van der Waals surface area contributed by atoms with Gasteiger partial charge in [0.15, 0.2) is 0 Å². The molecule has 0 spiro atoms. The second-order valence-electron chi connectivity index (χ2n) is 11.5. The zero-order chi connectivity index (χ0) is 32.3. The Morgan fingerprint density at radius 2 is 1.73 bits per heavy atom. The third kappa shape index (κ3) is 9.27. The van der Waals surface area contributed by atoms with Crippen molar-refractivity contribution >= 4 is 38.8 Å². The number of sulfonamides is 1. The van der Waals surface area contributed by atoms with Crippen LogP contribution in [0.25, 0.3) is 22.3 Å². The molecule has 11 nitrogen and oxygen atoms in total. The third-order valence-corrected chi connectivity index (χ3v) is 7.97. The first-order valence-corrected chi connectivity index (χ1v) is 15.5. The van der Waals surface area contributed by atoms with Gasteiger partial charge in [0.2, 0.25) is 16.0 Å². The number of amides is 1. The van der Waals surface area contributed by atoms with E-state index in [2.05, 4.69) is 25.6 Å². The third-order valence-electron chi connectivity index (χ3n) is 6.70. The number of alkyl halides is 3. The number of ether oxygens (including phenoxy) is 2. The molecule has 0 radical (unpaired) electrons. The fraction of sp³-hybridized carbons (Fsp3) is 0.500. The van der Waals surface area contributed by atoms with Crippen molar-refractivity contribution in [3.63, 3.8) is 0 Å². The highest BCUT2D eigenvalue weighted by Crippen LogP contribution is 2.32. The fourth-order valence-corrected chi connectivity index (χ4v) is 5.73. The minimum absolute atomic E-state index is 0.0107. The number of nitrogens with one attached hydrogen (secondary N) is 3. The number of nitrogens with zero attached hydrogens (tertiary/aromatic N) is 3. The second kappa shape index (κ2) is 13.0. The largest absolute Gasteiger partial charge is 0.494 e. The summed E-state index contributed by atoms with van der Waals surface area (Å²) >= 11 is 0. The molecule has 0 bridgehead atoms. The van der Waals surface area contributed by atoms with Crippen LogP contribution in [0.3, 0.4) is 0 Å². The van der Waals surface area contributed by atoms with Crippen molar-refractivity contribution in [1.82, 2.24) is 20.3 Å². The lowest BCUT2D eigenvalue weighted by molar-refractivity contribution is -0.129. The van der Waals surface area contributed by atoms with Gasteiger partial charge < -0.3 is 20.1 Å². The van der Waals surface area contributed by atoms with E-state index in [1.807, 2.05) is 25.5 Å². The summed E-state index contributed by atoms with van der Waals surface area (Å²) in [6.07, 6.45) is -2.12. The quantitative estimate of drug-likeness (QED) is 0.247. The first kappa shape index (κ1) is 33.0. The molecule has 0 atom stereocenters. The average molecular weight is 643 g/mol. The van der Waals surface area contributed by atoms with Gasteiger partial charge in [0.05, 0.1) is 36.9 Å². The molecule has 1 aromatic carbocycles. The van der Waals surface area contributed by atoms with E-state index in [-0.39, 0.29) is 23.3 Å². The van der Waals surface area contributed by atoms with Crippen LogP contribution < -0.4 is 20.1 Å². The van der Waals surface area contributed by atoms with Crippen molar-refractivity contribution in [2.24, 2.45) is 0 Å². The van der Waals surface area contributed by atoms with Gasteiger partial charge in [0.25, 0.3) is 0 Å². The van der Waals surface area contributed by atoms with Gasteiger partial charge in [-0.1, -0.05) is 6.07 Å². The number of halogens is 4. The molecule has 2 aromatic heterocycles. The van der Waals surface area contributed by atoms with Crippen molar-refractivity contribution in [2.75, 3.05) is 22.9 Å². The van der Waals surface area contributed by atoms with Crippen molar-refractivity contribution < 1.29 is 40.2 Å². The molecular formula is C28H34F4N6O5S. The van der Waals surface area contributed by atoms with Crippen LogP contribution in [0.2, 0.25) is 0 Å². The topological polar surface area (TPSA) is 144 Å². The number of carbonyl (C=O) groups is 1. The van der Waals surface area contributed by atoms with Gasteiger partial charge in [-0.3, -0.25) is 4.72 Å². The van der Waals surface area contributed by atoms with E-state index >= 15 is 0 Å². The molecule has 4 rings (SSSR count). The predicted octanol–water partition coefficient (Wildman–Crippen LogP) is 5.78. The van der Waals surface area contributed by atoms with Crippen LogP contribution in [-0.2, 0) is 14.8 Å². The molecule has 240 valence electrons. The Hall–Kier alpha value is -3.95. The number of hydrogen-bond acceptors (Lipinski definition) is 9. The number of hydrogen-bond donors (Lipinski definition) is 3. The van der Waals surface area contributed by atoms with E-state index in [1.165, 1.54) is 25.4 Å². The molecule has 0 saturated heterocycles. The van der Waals surface area contributed by atoms with E-state index in [9.17, 15) is 30.8 Å². The second-order valence-corrected chi connectivity index (χ2v) is 13.3. The SMILES string of the molecule is COc1cc(-c2ccc(NS(=O)(=O)CCC(F)(F)F)c(F)c2)nc2cnc(NC3CCC(NC(=O)OC(C)(C)C)CC3)nc12. The van der Waals surface area contributed by atoms with E-state index in [0.717, 1.165) is 37.8 Å². The predicted molar refractivity (Wildman–Crippen MR) is 156 cm³/mol. The standard InChI is InChI=1S/C28H34F4N6O5S/c1-27(2,3)43-26(39)35-18-8-6-17(7-9-18)34-25-33-15-22-24(37-25)23(42-4)14-21(36-22)16-5-10-20(19(29)13-16)38-44(40,41)12-11-28(30,31)32/h5,10,13-15,17-18,38H,6-9,11-12H2,1-4H3,(H,35,39)(H,33,34,37). The number of anilines is 2. The van der Waals surface area contributed by atoms with E-state index < -0.39 is 51.6 Å². The fourth-order valence-electron chi connectivity index (χ4n) is 4.63. The molecule has 44 heavy (non-hydrogen) atoms. The maximum Gasteiger partial charge on any atom is 0.407 e. The minimum Gasteiger partial charge on any atom is -0.494 e. The number of carbonyl (C=O) groups excluding carboxylic acids is 1. The number of pyridine rings is 1. The van der Waals surface area contributed by atoms with Gasteiger partial charge in [0, 0.05) is 23.7 Å². The van der Waals surface area contributed by atoms with Crippen LogP contribution in [0.5, 0.6) is 5.75 Å². The molecular weight excluding hydrogens is 608 g/mol. The highest BCUT2D eigenvalue weighted by molar-refractivity contribution is 7.92. The number of fused-ring (bicyclic) bond motifs is 1. The zero-order valence-electron chi connectivity index (χ0n) is 24.6. The summed E-state index contributed by atoms with van der Waals surface area (Å²) in [6.45, 7) is 5.43. The van der Waals surface area contributed by atoms with E-state index in [4.69, 9.17) is 9.47 Å². The van der Waals surface area contributed by atoms with Crippen molar-refractivity contribution in [1.29, 1.82) is 0 Å². The maximum absolute atomic E-state index is 14.8. The monoisotopic (exact) mass is 642 g/mol. The van der Waals surface area contributed by atoms with Crippen molar-refractivity contribution in [3.05, 3.63) is 36.3 Å². The Balaban J connectivity index is 1.43. The zero-order valence-corrected chi connectivity index (χ0v) is 25.4. The lowest BCUT2D eigenvalue weighted by Gasteiger charge is -2.30. The number of aromatic nitrogens is 3. The maximum atomic E-state index is 14.8. The summed E-state index contributed by atoms with van der Waals surface area (Å²) in [4.78, 5) is 25.5. The summed E-state index contributed by atoms with van der Waals surface area (Å²) in [5.41, 5.74) is 0.245. The number of benzene rings is 1. The lowest BCUT2D eigenvalue weighted by atomic mass is 9.91. The Labute approximate surface area is 252 Å². The molecule has 3 aromatic rings. The molecule has 1 fully saturated rings. The van der Waals surface area contributed by atoms with Gasteiger partial charge in [-0.25, -0.2) is 32.6 Å². The molecule has 1 amide bonds. The van der Waals surface area contributed by atoms with Crippen LogP contribution in [0.4, 0.5) is 34.0 Å². The van der Waals surface area contributed by atoms with Crippen molar-refractivity contribution in [2.45, 2.75) is 76.7 Å². The summed E-state index contributed by atoms with van der Waals surface area (Å²) < 4.78 is 88.7. The Morgan fingerprint density at radius 1 is 1.05 bits per heavy atom. The van der Waals surface area contributed by atoms with Crippen molar-refractivity contribution in [3.8, 4) is 17.0 Å². The molecule has 1 saturated carbocycles. The average Bonchev–Trinajstić information content (AvgIpc) is 2.92. The molecule has 2 heterocycles. The molecule has 1 aliphatic rings. The molecule has 0 aliphatic heterocycles. The van der Waals surface area contributed by atoms with Crippen LogP contribution in [-0.4, -0.2) is 66.2 Å². The molecule has 1 aliphatic carbocycles. The summed E-state index contributed by atoms with van der Waals surface area (Å²) in [5.74, 6) is -1.53. The number of alkyl carbamates (subject to hydrolysis) is 1. The Morgan fingerprint density at radius 3 is 2.34 bits per heavy atom. The van der Waals surface area contributed by atoms with E-state index in [0.29, 0.717) is 22.7 Å². The number of methoxy groups -OCH3 is 1. The normalized spacial score (nSPS) is 17.6.